The third-order valence-corrected chi connectivity index (χ3v) is 5.25. The second-order valence-electron chi connectivity index (χ2n) is 7.55. The van der Waals surface area contributed by atoms with Gasteiger partial charge in [-0.3, -0.25) is 0 Å². The van der Waals surface area contributed by atoms with E-state index < -0.39 is 74.5 Å². The number of aliphatic hydroxyl groups excluding tert-OH is 5. The molecule has 0 spiro atoms. The Hall–Kier alpha value is -2.13. The molecule has 3 rings (SSSR count). The zero-order chi connectivity index (χ0) is 23.5. The Morgan fingerprint density at radius 2 is 1.81 bits per heavy atom. The summed E-state index contributed by atoms with van der Waals surface area (Å²) >= 11 is 0. The second-order valence-corrected chi connectivity index (χ2v) is 7.55. The van der Waals surface area contributed by atoms with Crippen molar-refractivity contribution in [3.63, 3.8) is 0 Å². The summed E-state index contributed by atoms with van der Waals surface area (Å²) in [4.78, 5) is 10.6. The van der Waals surface area contributed by atoms with Gasteiger partial charge in [-0.15, -0.1) is 0 Å². The van der Waals surface area contributed by atoms with Gasteiger partial charge in [0.15, 0.2) is 12.4 Å². The fourth-order valence-electron chi connectivity index (χ4n) is 3.32. The first-order valence-electron chi connectivity index (χ1n) is 9.77. The molecule has 0 saturated carbocycles. The number of carboxylic acids is 1. The van der Waals surface area contributed by atoms with Crippen molar-refractivity contribution in [2.45, 2.75) is 48.7 Å². The lowest BCUT2D eigenvalue weighted by Gasteiger charge is -2.42. The van der Waals surface area contributed by atoms with Crippen LogP contribution in [0.1, 0.15) is 5.56 Å². The van der Waals surface area contributed by atoms with Crippen LogP contribution in [0.3, 0.4) is 0 Å². The predicted molar refractivity (Wildman–Crippen MR) is 104 cm³/mol. The van der Waals surface area contributed by atoms with Gasteiger partial charge in [0.25, 0.3) is 0 Å². The van der Waals surface area contributed by atoms with Crippen molar-refractivity contribution in [2.24, 2.45) is 0 Å². The van der Waals surface area contributed by atoms with E-state index in [1.807, 2.05) is 0 Å². The van der Waals surface area contributed by atoms with Crippen molar-refractivity contribution >= 4 is 12.0 Å². The van der Waals surface area contributed by atoms with E-state index in [9.17, 15) is 35.4 Å². The maximum atomic E-state index is 10.6. The number of aliphatic hydroxyl groups is 6. The molecule has 2 heterocycles. The Bertz CT molecular complexity index is 798. The molecule has 8 atom stereocenters. The van der Waals surface area contributed by atoms with Crippen LogP contribution in [0.25, 0.3) is 6.08 Å². The highest BCUT2D eigenvalue weighted by Gasteiger charge is 2.53. The molecule has 0 amide bonds. The maximum absolute atomic E-state index is 10.6. The molecule has 12 heteroatoms. The standard InChI is InChI=1S/C20H26O12/c21-7-12-14(25)15(26)16(32-19-17(27)20(28,8-22)9-29-19)18(31-12)30-11-4-1-10(2-5-11)3-6-13(23)24/h1-6,12,14-19,21-22,25-28H,7-9H2,(H,23,24). The molecule has 0 aliphatic carbocycles. The molecule has 2 fully saturated rings. The summed E-state index contributed by atoms with van der Waals surface area (Å²) in [5.74, 6) is -0.871. The Morgan fingerprint density at radius 1 is 1.12 bits per heavy atom. The fourth-order valence-corrected chi connectivity index (χ4v) is 3.32. The number of carboxylic acid groups (broad SMARTS) is 1. The molecule has 7 N–H and O–H groups in total. The van der Waals surface area contributed by atoms with Gasteiger partial charge >= 0.3 is 5.97 Å². The Kier molecular flexibility index (Phi) is 7.82. The highest BCUT2D eigenvalue weighted by Crippen LogP contribution is 2.32. The number of ether oxygens (including phenoxy) is 4. The van der Waals surface area contributed by atoms with Crippen LogP contribution in [0.2, 0.25) is 0 Å². The number of carbonyl (C=O) groups is 1. The van der Waals surface area contributed by atoms with E-state index in [0.29, 0.717) is 5.56 Å². The minimum absolute atomic E-state index is 0.233. The van der Waals surface area contributed by atoms with Crippen LogP contribution in [0.4, 0.5) is 0 Å². The zero-order valence-corrected chi connectivity index (χ0v) is 16.8. The van der Waals surface area contributed by atoms with E-state index in [0.717, 1.165) is 6.08 Å². The van der Waals surface area contributed by atoms with Gasteiger partial charge in [0, 0.05) is 6.08 Å². The van der Waals surface area contributed by atoms with Crippen LogP contribution in [0.15, 0.2) is 30.3 Å². The molecule has 0 bridgehead atoms. The lowest BCUT2D eigenvalue weighted by molar-refractivity contribution is -0.318. The van der Waals surface area contributed by atoms with Crippen molar-refractivity contribution < 1.29 is 59.5 Å². The first kappa shape index (κ1) is 24.5. The third-order valence-electron chi connectivity index (χ3n) is 5.25. The van der Waals surface area contributed by atoms with E-state index >= 15 is 0 Å². The molecule has 0 aromatic heterocycles. The molecule has 32 heavy (non-hydrogen) atoms. The monoisotopic (exact) mass is 458 g/mol. The number of benzene rings is 1. The average Bonchev–Trinajstić information content (AvgIpc) is 3.07. The van der Waals surface area contributed by atoms with Crippen LogP contribution >= 0.6 is 0 Å². The van der Waals surface area contributed by atoms with Crippen molar-refractivity contribution in [1.29, 1.82) is 0 Å². The van der Waals surface area contributed by atoms with Gasteiger partial charge in [-0.25, -0.2) is 4.79 Å². The van der Waals surface area contributed by atoms with Gasteiger partial charge in [-0.1, -0.05) is 12.1 Å². The third kappa shape index (κ3) is 5.26. The maximum Gasteiger partial charge on any atom is 0.328 e. The molecular formula is C20H26O12. The molecule has 1 aromatic rings. The summed E-state index contributed by atoms with van der Waals surface area (Å²) in [6, 6.07) is 6.12. The Labute approximate surface area is 182 Å². The minimum atomic E-state index is -1.97. The van der Waals surface area contributed by atoms with Gasteiger partial charge in [-0.05, 0) is 23.8 Å². The van der Waals surface area contributed by atoms with Crippen LogP contribution in [0.5, 0.6) is 5.75 Å². The molecular weight excluding hydrogens is 432 g/mol. The molecule has 2 saturated heterocycles. The first-order valence-corrected chi connectivity index (χ1v) is 9.77. The van der Waals surface area contributed by atoms with Crippen molar-refractivity contribution in [3.05, 3.63) is 35.9 Å². The molecule has 12 nitrogen and oxygen atoms in total. The lowest BCUT2D eigenvalue weighted by atomic mass is 9.98. The lowest BCUT2D eigenvalue weighted by Crippen LogP contribution is -2.62. The quantitative estimate of drug-likeness (QED) is 0.201. The molecule has 1 aromatic carbocycles. The largest absolute Gasteiger partial charge is 0.478 e. The van der Waals surface area contributed by atoms with Crippen molar-refractivity contribution in [3.8, 4) is 5.75 Å². The smallest absolute Gasteiger partial charge is 0.328 e. The number of aliphatic carboxylic acids is 1. The fraction of sp³-hybridized carbons (Fsp3) is 0.550. The molecule has 8 unspecified atom stereocenters. The first-order chi connectivity index (χ1) is 15.2. The van der Waals surface area contributed by atoms with Gasteiger partial charge < -0.3 is 54.7 Å². The molecule has 2 aliphatic heterocycles. The number of hydrogen-bond acceptors (Lipinski definition) is 11. The summed E-state index contributed by atoms with van der Waals surface area (Å²) in [6.45, 7) is -1.86. The number of hydrogen-bond donors (Lipinski definition) is 7. The summed E-state index contributed by atoms with van der Waals surface area (Å²) in [5.41, 5.74) is -1.39. The predicted octanol–water partition coefficient (Wildman–Crippen LogP) is -2.57. The second kappa shape index (κ2) is 10.2. The van der Waals surface area contributed by atoms with Gasteiger partial charge in [0.2, 0.25) is 6.29 Å². The van der Waals surface area contributed by atoms with Crippen LogP contribution < -0.4 is 4.74 Å². The van der Waals surface area contributed by atoms with Gasteiger partial charge in [0.1, 0.15) is 35.8 Å². The summed E-state index contributed by atoms with van der Waals surface area (Å²) in [5, 5.41) is 68.5. The molecule has 0 radical (unpaired) electrons. The van der Waals surface area contributed by atoms with Crippen molar-refractivity contribution in [2.75, 3.05) is 19.8 Å². The SMILES string of the molecule is O=C(O)C=Cc1ccc(OC2OC(CO)C(O)C(O)C2OC2OCC(O)(CO)C2O)cc1. The van der Waals surface area contributed by atoms with Crippen LogP contribution in [-0.2, 0) is 19.0 Å². The molecule has 2 aliphatic rings. The number of rotatable bonds is 8. The van der Waals surface area contributed by atoms with E-state index in [1.165, 1.54) is 18.2 Å². The summed E-state index contributed by atoms with van der Waals surface area (Å²) < 4.78 is 22.0. The summed E-state index contributed by atoms with van der Waals surface area (Å²) in [7, 11) is 0. The van der Waals surface area contributed by atoms with E-state index in [1.54, 1.807) is 12.1 Å². The van der Waals surface area contributed by atoms with Crippen LogP contribution in [0, 0.1) is 0 Å². The van der Waals surface area contributed by atoms with Crippen molar-refractivity contribution in [1.82, 2.24) is 0 Å². The highest BCUT2D eigenvalue weighted by molar-refractivity contribution is 5.85. The summed E-state index contributed by atoms with van der Waals surface area (Å²) in [6.07, 6.45) is -7.95. The Balaban J connectivity index is 1.76. The highest BCUT2D eigenvalue weighted by atomic mass is 16.8. The Morgan fingerprint density at radius 3 is 2.38 bits per heavy atom. The normalized spacial score (nSPS) is 37.6. The molecule has 178 valence electrons. The topological polar surface area (TPSA) is 196 Å². The van der Waals surface area contributed by atoms with E-state index in [-0.39, 0.29) is 5.75 Å². The average molecular weight is 458 g/mol. The van der Waals surface area contributed by atoms with Crippen LogP contribution in [-0.4, -0.2) is 110 Å². The van der Waals surface area contributed by atoms with Gasteiger partial charge in [-0.2, -0.15) is 0 Å². The minimum Gasteiger partial charge on any atom is -0.478 e. The zero-order valence-electron chi connectivity index (χ0n) is 16.8. The van der Waals surface area contributed by atoms with Gasteiger partial charge in [0.05, 0.1) is 19.8 Å². The van der Waals surface area contributed by atoms with E-state index in [4.69, 9.17) is 24.1 Å². The van der Waals surface area contributed by atoms with E-state index in [2.05, 4.69) is 0 Å².